The number of carbonyl (C=O) groups is 1. The van der Waals surface area contributed by atoms with Crippen molar-refractivity contribution in [1.29, 1.82) is 0 Å². The number of nitro groups is 1. The summed E-state index contributed by atoms with van der Waals surface area (Å²) < 4.78 is 14.4. The molecule has 9 heteroatoms. The van der Waals surface area contributed by atoms with Crippen LogP contribution in [0.15, 0.2) is 46.8 Å². The van der Waals surface area contributed by atoms with Crippen LogP contribution in [0.4, 0.5) is 10.1 Å². The van der Waals surface area contributed by atoms with Crippen LogP contribution < -0.4 is 5.32 Å². The third-order valence-corrected chi connectivity index (χ3v) is 6.15. The Hall–Kier alpha value is -2.52. The van der Waals surface area contributed by atoms with E-state index < -0.39 is 10.2 Å². The lowest BCUT2D eigenvalue weighted by atomic mass is 10.1. The Morgan fingerprint density at radius 2 is 1.96 bits per heavy atom. The van der Waals surface area contributed by atoms with Crippen LogP contribution in [0.1, 0.15) is 25.5 Å². The van der Waals surface area contributed by atoms with E-state index in [-0.39, 0.29) is 23.5 Å². The van der Waals surface area contributed by atoms with Gasteiger partial charge in [-0.2, -0.15) is 0 Å². The van der Waals surface area contributed by atoms with Gasteiger partial charge >= 0.3 is 0 Å². The summed E-state index contributed by atoms with van der Waals surface area (Å²) in [4.78, 5) is 27.3. The van der Waals surface area contributed by atoms with Gasteiger partial charge in [0.15, 0.2) is 4.34 Å². The number of amides is 1. The van der Waals surface area contributed by atoms with Crippen molar-refractivity contribution in [3.63, 3.8) is 0 Å². The summed E-state index contributed by atoms with van der Waals surface area (Å²) in [5.74, 6) is -0.487. The number of carbonyl (C=O) groups excluding carboxylic acids is 1. The van der Waals surface area contributed by atoms with E-state index in [1.807, 2.05) is 6.92 Å². The Morgan fingerprint density at radius 1 is 1.26 bits per heavy atom. The first-order valence-corrected chi connectivity index (χ1v) is 9.80. The quantitative estimate of drug-likeness (QED) is 0.365. The Bertz CT molecular complexity index is 991. The summed E-state index contributed by atoms with van der Waals surface area (Å²) in [7, 11) is 0. The Kier molecular flexibility index (Phi) is 5.71. The molecule has 0 saturated carbocycles. The topological polar surface area (TPSA) is 85.1 Å². The fraction of sp³-hybridized carbons (Fsp3) is 0.222. The molecule has 0 saturated heterocycles. The minimum absolute atomic E-state index is 0.0154. The van der Waals surface area contributed by atoms with Crippen molar-refractivity contribution in [1.82, 2.24) is 10.3 Å². The molecule has 0 fully saturated rings. The van der Waals surface area contributed by atoms with Crippen LogP contribution in [0.5, 0.6) is 0 Å². The van der Waals surface area contributed by atoms with E-state index in [0.29, 0.717) is 14.6 Å². The van der Waals surface area contributed by atoms with Gasteiger partial charge in [-0.25, -0.2) is 9.37 Å². The number of nitro benzene ring substituents is 1. The predicted molar refractivity (Wildman–Crippen MR) is 105 cm³/mol. The maximum atomic E-state index is 13.0. The van der Waals surface area contributed by atoms with Crippen LogP contribution in [-0.4, -0.2) is 21.1 Å². The van der Waals surface area contributed by atoms with Gasteiger partial charge in [-0.1, -0.05) is 23.9 Å². The molecule has 0 spiro atoms. The van der Waals surface area contributed by atoms with E-state index in [9.17, 15) is 19.3 Å². The number of thiazole rings is 1. The second kappa shape index (κ2) is 8.01. The summed E-state index contributed by atoms with van der Waals surface area (Å²) in [5, 5.41) is 13.4. The van der Waals surface area contributed by atoms with Crippen LogP contribution in [0, 0.1) is 15.9 Å². The minimum Gasteiger partial charge on any atom is -0.349 e. The number of aromatic nitrogens is 1. The molecule has 1 aromatic heterocycles. The predicted octanol–water partition coefficient (Wildman–Crippen LogP) is 4.70. The minimum atomic E-state index is -0.446. The molecule has 3 aromatic rings. The molecule has 2 aromatic carbocycles. The first kappa shape index (κ1) is 19.2. The van der Waals surface area contributed by atoms with Crippen molar-refractivity contribution < 1.29 is 14.1 Å². The van der Waals surface area contributed by atoms with Crippen molar-refractivity contribution in [2.24, 2.45) is 0 Å². The molecular weight excluding hydrogens is 389 g/mol. The molecule has 0 bridgehead atoms. The zero-order valence-corrected chi connectivity index (χ0v) is 16.1. The van der Waals surface area contributed by atoms with Crippen LogP contribution in [0.2, 0.25) is 0 Å². The molecule has 0 aliphatic carbocycles. The number of halogens is 1. The van der Waals surface area contributed by atoms with Gasteiger partial charge in [-0.05, 0) is 37.6 Å². The summed E-state index contributed by atoms with van der Waals surface area (Å²) in [6.45, 7) is 3.60. The standard InChI is InChI=1S/C18H16FN3O3S2/c1-10(12-3-5-13(19)6-4-12)20-17(23)11(2)26-18-21-15-8-7-14(22(24)25)9-16(15)27-18/h3-11H,1-2H3,(H,20,23)/t10-,11+/m1/s1. The van der Waals surface area contributed by atoms with Gasteiger partial charge in [0.25, 0.3) is 5.69 Å². The summed E-state index contributed by atoms with van der Waals surface area (Å²) in [5.41, 5.74) is 1.50. The molecule has 1 heterocycles. The molecular formula is C18H16FN3O3S2. The largest absolute Gasteiger partial charge is 0.349 e. The number of nitrogens with zero attached hydrogens (tertiary/aromatic N) is 2. The molecule has 27 heavy (non-hydrogen) atoms. The van der Waals surface area contributed by atoms with E-state index in [2.05, 4.69) is 10.3 Å². The number of rotatable bonds is 6. The maximum Gasteiger partial charge on any atom is 0.270 e. The fourth-order valence-corrected chi connectivity index (χ4v) is 4.68. The number of thioether (sulfide) groups is 1. The second-order valence-corrected chi connectivity index (χ2v) is 8.55. The first-order valence-electron chi connectivity index (χ1n) is 8.11. The monoisotopic (exact) mass is 405 g/mol. The number of hydrogen-bond donors (Lipinski definition) is 1. The van der Waals surface area contributed by atoms with Crippen LogP contribution in [0.25, 0.3) is 10.2 Å². The van der Waals surface area contributed by atoms with Gasteiger partial charge in [-0.3, -0.25) is 14.9 Å². The third kappa shape index (κ3) is 4.61. The van der Waals surface area contributed by atoms with Gasteiger partial charge in [-0.15, -0.1) is 11.3 Å². The highest BCUT2D eigenvalue weighted by molar-refractivity contribution is 8.02. The molecule has 0 aliphatic heterocycles. The average molecular weight is 405 g/mol. The molecule has 0 unspecified atom stereocenters. The van der Waals surface area contributed by atoms with Crippen molar-refractivity contribution >= 4 is 44.9 Å². The third-order valence-electron chi connectivity index (χ3n) is 3.94. The van der Waals surface area contributed by atoms with E-state index in [0.717, 1.165) is 5.56 Å². The lowest BCUT2D eigenvalue weighted by Gasteiger charge is -2.17. The summed E-state index contributed by atoms with van der Waals surface area (Å²) >= 11 is 2.61. The molecule has 3 rings (SSSR count). The molecule has 2 atom stereocenters. The summed E-state index contributed by atoms with van der Waals surface area (Å²) in [6.07, 6.45) is 0. The van der Waals surface area contributed by atoms with Crippen LogP contribution in [-0.2, 0) is 4.79 Å². The zero-order valence-electron chi connectivity index (χ0n) is 14.5. The van der Waals surface area contributed by atoms with Crippen LogP contribution >= 0.6 is 23.1 Å². The van der Waals surface area contributed by atoms with E-state index >= 15 is 0 Å². The van der Waals surface area contributed by atoms with Gasteiger partial charge in [0.1, 0.15) is 5.82 Å². The van der Waals surface area contributed by atoms with Crippen molar-refractivity contribution in [3.8, 4) is 0 Å². The highest BCUT2D eigenvalue weighted by atomic mass is 32.2. The van der Waals surface area contributed by atoms with E-state index in [4.69, 9.17) is 0 Å². The highest BCUT2D eigenvalue weighted by Crippen LogP contribution is 2.34. The van der Waals surface area contributed by atoms with Crippen molar-refractivity contribution in [2.45, 2.75) is 29.5 Å². The Labute approximate surface area is 163 Å². The van der Waals surface area contributed by atoms with Crippen LogP contribution in [0.3, 0.4) is 0 Å². The molecule has 0 radical (unpaired) electrons. The zero-order chi connectivity index (χ0) is 19.6. The van der Waals surface area contributed by atoms with Gasteiger partial charge in [0.2, 0.25) is 5.91 Å². The smallest absolute Gasteiger partial charge is 0.270 e. The second-order valence-electron chi connectivity index (χ2n) is 5.93. The van der Waals surface area contributed by atoms with Gasteiger partial charge in [0.05, 0.1) is 26.4 Å². The van der Waals surface area contributed by atoms with Gasteiger partial charge in [0, 0.05) is 12.1 Å². The molecule has 1 N–H and O–H groups in total. The Morgan fingerprint density at radius 3 is 2.63 bits per heavy atom. The number of benzene rings is 2. The van der Waals surface area contributed by atoms with Crippen molar-refractivity contribution in [3.05, 3.63) is 64.0 Å². The first-order chi connectivity index (χ1) is 12.8. The molecule has 6 nitrogen and oxygen atoms in total. The lowest BCUT2D eigenvalue weighted by molar-refractivity contribution is -0.384. The van der Waals surface area contributed by atoms with Crippen molar-refractivity contribution in [2.75, 3.05) is 0 Å². The lowest BCUT2D eigenvalue weighted by Crippen LogP contribution is -2.33. The highest BCUT2D eigenvalue weighted by Gasteiger charge is 2.20. The molecule has 140 valence electrons. The fourth-order valence-electron chi connectivity index (χ4n) is 2.43. The number of nitrogens with one attached hydrogen (secondary N) is 1. The number of fused-ring (bicyclic) bond motifs is 1. The normalized spacial score (nSPS) is 13.3. The average Bonchev–Trinajstić information content (AvgIpc) is 3.03. The Balaban J connectivity index is 1.66. The molecule has 0 aliphatic rings. The number of hydrogen-bond acceptors (Lipinski definition) is 6. The molecule has 1 amide bonds. The van der Waals surface area contributed by atoms with E-state index in [1.165, 1.54) is 47.4 Å². The van der Waals surface area contributed by atoms with Gasteiger partial charge < -0.3 is 5.32 Å². The van der Waals surface area contributed by atoms with E-state index in [1.54, 1.807) is 25.1 Å². The maximum absolute atomic E-state index is 13.0. The summed E-state index contributed by atoms with van der Waals surface area (Å²) in [6, 6.07) is 10.2. The number of non-ortho nitro benzene ring substituents is 1. The SMILES string of the molecule is C[C@H](Sc1nc2ccc([N+](=O)[O-])cc2s1)C(=O)N[C@H](C)c1ccc(F)cc1.